The molecule has 3 rings (SSSR count). The third-order valence-electron chi connectivity index (χ3n) is 4.31. The highest BCUT2D eigenvalue weighted by Gasteiger charge is 2.20. The van der Waals surface area contributed by atoms with Gasteiger partial charge in [0, 0.05) is 39.8 Å². The van der Waals surface area contributed by atoms with Crippen LogP contribution in [0.3, 0.4) is 0 Å². The summed E-state index contributed by atoms with van der Waals surface area (Å²) in [6, 6.07) is 12.8. The van der Waals surface area contributed by atoms with E-state index in [0.29, 0.717) is 0 Å². The van der Waals surface area contributed by atoms with Crippen molar-refractivity contribution < 1.29 is 0 Å². The fourth-order valence-corrected chi connectivity index (χ4v) is 3.69. The van der Waals surface area contributed by atoms with Crippen molar-refractivity contribution in [1.29, 1.82) is 0 Å². The van der Waals surface area contributed by atoms with E-state index >= 15 is 0 Å². The van der Waals surface area contributed by atoms with E-state index in [9.17, 15) is 0 Å². The third kappa shape index (κ3) is 4.63. The molecule has 0 radical (unpaired) electrons. The minimum absolute atomic E-state index is 0. The number of benzene rings is 1. The van der Waals surface area contributed by atoms with E-state index in [4.69, 9.17) is 0 Å². The normalized spacial score (nSPS) is 15.2. The SMILES string of the molecule is CN=C(NCc1ccccc1C)N1CCN(c2cccs2)CC1.I. The van der Waals surface area contributed by atoms with Crippen molar-refractivity contribution in [2.24, 2.45) is 4.99 Å². The van der Waals surface area contributed by atoms with E-state index in [1.54, 1.807) is 0 Å². The molecule has 24 heavy (non-hydrogen) atoms. The zero-order valence-corrected chi connectivity index (χ0v) is 17.4. The monoisotopic (exact) mass is 456 g/mol. The molecule has 1 fully saturated rings. The number of nitrogens with one attached hydrogen (secondary N) is 1. The van der Waals surface area contributed by atoms with Crippen molar-refractivity contribution in [1.82, 2.24) is 10.2 Å². The molecule has 2 aromatic rings. The summed E-state index contributed by atoms with van der Waals surface area (Å²) in [5.74, 6) is 0.999. The van der Waals surface area contributed by atoms with Gasteiger partial charge in [0.15, 0.2) is 5.96 Å². The summed E-state index contributed by atoms with van der Waals surface area (Å²) in [5, 5.41) is 7.02. The van der Waals surface area contributed by atoms with Crippen molar-refractivity contribution >= 4 is 46.3 Å². The van der Waals surface area contributed by atoms with E-state index in [-0.39, 0.29) is 24.0 Å². The molecule has 1 aromatic heterocycles. The number of piperazine rings is 1. The molecule has 1 aliphatic rings. The van der Waals surface area contributed by atoms with Gasteiger partial charge in [-0.2, -0.15) is 0 Å². The van der Waals surface area contributed by atoms with E-state index in [2.05, 4.69) is 68.8 Å². The molecule has 1 saturated heterocycles. The maximum absolute atomic E-state index is 4.46. The van der Waals surface area contributed by atoms with Crippen molar-refractivity contribution in [3.8, 4) is 0 Å². The Morgan fingerprint density at radius 3 is 2.50 bits per heavy atom. The topological polar surface area (TPSA) is 30.9 Å². The number of aliphatic imine (C=N–C) groups is 1. The lowest BCUT2D eigenvalue weighted by Crippen LogP contribution is -2.52. The van der Waals surface area contributed by atoms with E-state index in [0.717, 1.165) is 38.7 Å². The standard InChI is InChI=1S/C18H24N4S.HI/c1-15-6-3-4-7-16(15)14-20-18(19-2)22-11-9-21(10-12-22)17-8-5-13-23-17;/h3-8,13H,9-12,14H2,1-2H3,(H,19,20);1H. The Hall–Kier alpha value is -1.28. The van der Waals surface area contributed by atoms with Crippen LogP contribution in [0.1, 0.15) is 11.1 Å². The van der Waals surface area contributed by atoms with Gasteiger partial charge in [-0.1, -0.05) is 24.3 Å². The average Bonchev–Trinajstić information content (AvgIpc) is 3.12. The number of hydrogen-bond donors (Lipinski definition) is 1. The molecule has 6 heteroatoms. The quantitative estimate of drug-likeness (QED) is 0.435. The maximum Gasteiger partial charge on any atom is 0.194 e. The van der Waals surface area contributed by atoms with E-state index < -0.39 is 0 Å². The molecular weight excluding hydrogens is 431 g/mol. The fraction of sp³-hybridized carbons (Fsp3) is 0.389. The Kier molecular flexibility index (Phi) is 7.36. The van der Waals surface area contributed by atoms with Crippen molar-refractivity contribution in [3.63, 3.8) is 0 Å². The molecular formula is C18H25IN4S. The molecule has 0 amide bonds. The first-order valence-electron chi connectivity index (χ1n) is 8.06. The second-order valence-corrected chi connectivity index (χ2v) is 6.68. The number of guanidine groups is 1. The van der Waals surface area contributed by atoms with Crippen LogP contribution in [0.2, 0.25) is 0 Å². The predicted molar refractivity (Wildman–Crippen MR) is 115 cm³/mol. The molecule has 1 aromatic carbocycles. The maximum atomic E-state index is 4.46. The van der Waals surface area contributed by atoms with Crippen LogP contribution in [0.25, 0.3) is 0 Å². The highest BCUT2D eigenvalue weighted by atomic mass is 127. The number of thiophene rings is 1. The van der Waals surface area contributed by atoms with Crippen LogP contribution in [0.5, 0.6) is 0 Å². The van der Waals surface area contributed by atoms with Gasteiger partial charge in [-0.25, -0.2) is 0 Å². The Labute approximate surface area is 165 Å². The summed E-state index contributed by atoms with van der Waals surface area (Å²) in [6.07, 6.45) is 0. The number of aryl methyl sites for hydroxylation is 1. The Morgan fingerprint density at radius 2 is 1.88 bits per heavy atom. The second kappa shape index (κ2) is 9.27. The first-order valence-corrected chi connectivity index (χ1v) is 8.94. The smallest absolute Gasteiger partial charge is 0.194 e. The van der Waals surface area contributed by atoms with Crippen LogP contribution in [0.15, 0.2) is 46.8 Å². The summed E-state index contributed by atoms with van der Waals surface area (Å²) in [4.78, 5) is 9.26. The lowest BCUT2D eigenvalue weighted by atomic mass is 10.1. The zero-order valence-electron chi connectivity index (χ0n) is 14.2. The van der Waals surface area contributed by atoms with Crippen molar-refractivity contribution in [2.45, 2.75) is 13.5 Å². The molecule has 0 unspecified atom stereocenters. The molecule has 0 aliphatic carbocycles. The van der Waals surface area contributed by atoms with Gasteiger partial charge < -0.3 is 15.1 Å². The summed E-state index contributed by atoms with van der Waals surface area (Å²) in [6.45, 7) is 7.08. The summed E-state index contributed by atoms with van der Waals surface area (Å²) < 4.78 is 0. The summed E-state index contributed by atoms with van der Waals surface area (Å²) >= 11 is 1.82. The van der Waals surface area contributed by atoms with Gasteiger partial charge in [0.1, 0.15) is 0 Å². The molecule has 0 saturated carbocycles. The molecule has 0 atom stereocenters. The Bertz CT molecular complexity index is 649. The molecule has 2 heterocycles. The summed E-state index contributed by atoms with van der Waals surface area (Å²) in [7, 11) is 1.87. The predicted octanol–water partition coefficient (Wildman–Crippen LogP) is 3.57. The second-order valence-electron chi connectivity index (χ2n) is 5.75. The van der Waals surface area contributed by atoms with Gasteiger partial charge in [-0.15, -0.1) is 35.3 Å². The number of hydrogen-bond acceptors (Lipinski definition) is 3. The van der Waals surface area contributed by atoms with E-state index in [1.165, 1.54) is 16.1 Å². The van der Waals surface area contributed by atoms with Crippen LogP contribution < -0.4 is 10.2 Å². The molecule has 0 spiro atoms. The molecule has 0 bridgehead atoms. The first-order chi connectivity index (χ1) is 11.3. The highest BCUT2D eigenvalue weighted by Crippen LogP contribution is 2.22. The van der Waals surface area contributed by atoms with Crippen LogP contribution >= 0.6 is 35.3 Å². The molecule has 130 valence electrons. The zero-order chi connectivity index (χ0) is 16.1. The van der Waals surface area contributed by atoms with Gasteiger partial charge >= 0.3 is 0 Å². The largest absolute Gasteiger partial charge is 0.360 e. The number of nitrogens with zero attached hydrogens (tertiary/aromatic N) is 3. The minimum Gasteiger partial charge on any atom is -0.360 e. The van der Waals surface area contributed by atoms with Crippen molar-refractivity contribution in [3.05, 3.63) is 52.9 Å². The molecule has 1 N–H and O–H groups in total. The van der Waals surface area contributed by atoms with Crippen LogP contribution in [0, 0.1) is 6.92 Å². The van der Waals surface area contributed by atoms with Gasteiger partial charge in [-0.05, 0) is 35.6 Å². The lowest BCUT2D eigenvalue weighted by molar-refractivity contribution is 0.373. The number of rotatable bonds is 3. The fourth-order valence-electron chi connectivity index (χ4n) is 2.90. The average molecular weight is 456 g/mol. The van der Waals surface area contributed by atoms with Gasteiger partial charge in [0.2, 0.25) is 0 Å². The first kappa shape index (κ1) is 19.1. The van der Waals surface area contributed by atoms with Crippen LogP contribution in [-0.2, 0) is 6.54 Å². The van der Waals surface area contributed by atoms with Gasteiger partial charge in [0.05, 0.1) is 5.00 Å². The lowest BCUT2D eigenvalue weighted by Gasteiger charge is -2.37. The van der Waals surface area contributed by atoms with Crippen LogP contribution in [0.4, 0.5) is 5.00 Å². The molecule has 1 aliphatic heterocycles. The third-order valence-corrected chi connectivity index (χ3v) is 5.24. The highest BCUT2D eigenvalue weighted by molar-refractivity contribution is 14.0. The number of anilines is 1. The Balaban J connectivity index is 0.00000208. The van der Waals surface area contributed by atoms with Gasteiger partial charge in [0.25, 0.3) is 0 Å². The number of halogens is 1. The minimum atomic E-state index is 0. The van der Waals surface area contributed by atoms with Crippen molar-refractivity contribution in [2.75, 3.05) is 38.1 Å². The molecule has 4 nitrogen and oxygen atoms in total. The summed E-state index contributed by atoms with van der Waals surface area (Å²) in [5.41, 5.74) is 2.64. The Morgan fingerprint density at radius 1 is 1.12 bits per heavy atom. The van der Waals surface area contributed by atoms with Crippen LogP contribution in [-0.4, -0.2) is 44.1 Å². The van der Waals surface area contributed by atoms with Gasteiger partial charge in [-0.3, -0.25) is 4.99 Å². The van der Waals surface area contributed by atoms with E-state index in [1.807, 2.05) is 18.4 Å².